The molecular formula is C18H16N2OS. The summed E-state index contributed by atoms with van der Waals surface area (Å²) < 4.78 is 0. The Labute approximate surface area is 133 Å². The van der Waals surface area contributed by atoms with Crippen molar-refractivity contribution in [2.45, 2.75) is 12.1 Å². The van der Waals surface area contributed by atoms with Gasteiger partial charge in [0.05, 0.1) is 17.1 Å². The van der Waals surface area contributed by atoms with Gasteiger partial charge in [-0.05, 0) is 6.92 Å². The Balaban J connectivity index is 2.04. The van der Waals surface area contributed by atoms with Crippen molar-refractivity contribution in [3.05, 3.63) is 60.7 Å². The van der Waals surface area contributed by atoms with Crippen molar-refractivity contribution in [2.75, 3.05) is 5.75 Å². The lowest BCUT2D eigenvalue weighted by atomic mass is 10.1. The van der Waals surface area contributed by atoms with E-state index in [4.69, 9.17) is 0 Å². The fourth-order valence-electron chi connectivity index (χ4n) is 2.21. The number of nitrogens with zero attached hydrogens (tertiary/aromatic N) is 1. The van der Waals surface area contributed by atoms with Gasteiger partial charge in [0.2, 0.25) is 0 Å². The second kappa shape index (κ2) is 6.62. The lowest BCUT2D eigenvalue weighted by molar-refractivity contribution is -0.114. The normalized spacial score (nSPS) is 10.6. The second-order valence-corrected chi connectivity index (χ2v) is 5.95. The molecular weight excluding hydrogens is 292 g/mol. The minimum atomic E-state index is 0.143. The number of carbonyl (C=O) groups is 1. The maximum Gasteiger partial charge on any atom is 0.166 e. The van der Waals surface area contributed by atoms with Crippen molar-refractivity contribution in [1.82, 2.24) is 9.97 Å². The van der Waals surface area contributed by atoms with Gasteiger partial charge in [-0.25, -0.2) is 4.98 Å². The zero-order valence-electron chi connectivity index (χ0n) is 12.2. The number of ketones is 1. The van der Waals surface area contributed by atoms with Crippen LogP contribution in [0.3, 0.4) is 0 Å². The molecule has 3 aromatic rings. The Morgan fingerprint density at radius 3 is 2.18 bits per heavy atom. The number of H-pyrrole nitrogens is 1. The van der Waals surface area contributed by atoms with Gasteiger partial charge in [-0.1, -0.05) is 72.4 Å². The molecule has 22 heavy (non-hydrogen) atoms. The molecule has 110 valence electrons. The molecule has 2 aromatic carbocycles. The van der Waals surface area contributed by atoms with Crippen LogP contribution in [0, 0.1) is 0 Å². The van der Waals surface area contributed by atoms with Crippen LogP contribution in [0.2, 0.25) is 0 Å². The Bertz CT molecular complexity index is 709. The van der Waals surface area contributed by atoms with E-state index in [1.807, 2.05) is 48.5 Å². The summed E-state index contributed by atoms with van der Waals surface area (Å²) in [6, 6.07) is 20.2. The van der Waals surface area contributed by atoms with Crippen molar-refractivity contribution < 1.29 is 4.79 Å². The summed E-state index contributed by atoms with van der Waals surface area (Å²) >= 11 is 1.44. The summed E-state index contributed by atoms with van der Waals surface area (Å²) in [4.78, 5) is 19.2. The number of hydrogen-bond acceptors (Lipinski definition) is 3. The van der Waals surface area contributed by atoms with Crippen molar-refractivity contribution in [3.63, 3.8) is 0 Å². The van der Waals surface area contributed by atoms with Gasteiger partial charge < -0.3 is 4.98 Å². The molecule has 0 aliphatic carbocycles. The minimum Gasteiger partial charge on any atom is -0.332 e. The Kier molecular flexibility index (Phi) is 4.39. The van der Waals surface area contributed by atoms with Crippen LogP contribution in [-0.4, -0.2) is 21.5 Å². The molecule has 0 unspecified atom stereocenters. The van der Waals surface area contributed by atoms with Gasteiger partial charge in [-0.15, -0.1) is 0 Å². The van der Waals surface area contributed by atoms with Crippen molar-refractivity contribution in [3.8, 4) is 22.5 Å². The number of aromatic nitrogens is 2. The van der Waals surface area contributed by atoms with Crippen LogP contribution in [0.5, 0.6) is 0 Å². The molecule has 0 saturated carbocycles. The molecule has 0 radical (unpaired) electrons. The van der Waals surface area contributed by atoms with E-state index in [2.05, 4.69) is 22.1 Å². The Hall–Kier alpha value is -2.33. The molecule has 3 rings (SSSR count). The quantitative estimate of drug-likeness (QED) is 0.709. The maximum absolute atomic E-state index is 11.2. The molecule has 0 atom stereocenters. The van der Waals surface area contributed by atoms with E-state index in [0.717, 1.165) is 27.7 Å². The first-order chi connectivity index (χ1) is 10.7. The molecule has 0 fully saturated rings. The lowest BCUT2D eigenvalue weighted by Gasteiger charge is -2.02. The van der Waals surface area contributed by atoms with Gasteiger partial charge in [0, 0.05) is 11.1 Å². The van der Waals surface area contributed by atoms with E-state index < -0.39 is 0 Å². The van der Waals surface area contributed by atoms with Gasteiger partial charge in [-0.2, -0.15) is 0 Å². The van der Waals surface area contributed by atoms with Crippen LogP contribution in [0.25, 0.3) is 22.5 Å². The number of nitrogens with one attached hydrogen (secondary N) is 1. The zero-order valence-corrected chi connectivity index (χ0v) is 13.1. The third kappa shape index (κ3) is 3.28. The highest BCUT2D eigenvalue weighted by Gasteiger charge is 2.14. The minimum absolute atomic E-state index is 0.143. The number of Topliss-reactive ketones (excluding diaryl/α,β-unsaturated/α-hetero) is 1. The topological polar surface area (TPSA) is 45.8 Å². The van der Waals surface area contributed by atoms with E-state index in [-0.39, 0.29) is 5.78 Å². The predicted octanol–water partition coefficient (Wildman–Crippen LogP) is 4.42. The SMILES string of the molecule is CC(=O)CSc1nc(-c2ccccc2)c(-c2ccccc2)[nH]1. The predicted molar refractivity (Wildman–Crippen MR) is 90.9 cm³/mol. The molecule has 0 aliphatic heterocycles. The number of hydrogen-bond donors (Lipinski definition) is 1. The van der Waals surface area contributed by atoms with Crippen LogP contribution >= 0.6 is 11.8 Å². The van der Waals surface area contributed by atoms with E-state index in [9.17, 15) is 4.79 Å². The van der Waals surface area contributed by atoms with Crippen molar-refractivity contribution in [1.29, 1.82) is 0 Å². The van der Waals surface area contributed by atoms with E-state index in [1.165, 1.54) is 11.8 Å². The average Bonchev–Trinajstić information content (AvgIpc) is 2.99. The lowest BCUT2D eigenvalue weighted by Crippen LogP contribution is -1.93. The molecule has 1 aromatic heterocycles. The first kappa shape index (κ1) is 14.6. The summed E-state index contributed by atoms with van der Waals surface area (Å²) in [6.45, 7) is 1.59. The van der Waals surface area contributed by atoms with Gasteiger partial charge in [0.15, 0.2) is 5.16 Å². The monoisotopic (exact) mass is 308 g/mol. The van der Waals surface area contributed by atoms with E-state index >= 15 is 0 Å². The molecule has 3 nitrogen and oxygen atoms in total. The van der Waals surface area contributed by atoms with Crippen LogP contribution in [0.15, 0.2) is 65.8 Å². The van der Waals surface area contributed by atoms with Crippen molar-refractivity contribution in [2.24, 2.45) is 0 Å². The number of carbonyl (C=O) groups excluding carboxylic acids is 1. The largest absolute Gasteiger partial charge is 0.332 e. The van der Waals surface area contributed by atoms with Crippen LogP contribution in [0.1, 0.15) is 6.92 Å². The molecule has 0 amide bonds. The summed E-state index contributed by atoms with van der Waals surface area (Å²) in [5.41, 5.74) is 4.05. The van der Waals surface area contributed by atoms with Crippen molar-refractivity contribution >= 4 is 17.5 Å². The van der Waals surface area contributed by atoms with Gasteiger partial charge in [-0.3, -0.25) is 4.79 Å². The smallest absolute Gasteiger partial charge is 0.166 e. The highest BCUT2D eigenvalue weighted by molar-refractivity contribution is 7.99. The number of rotatable bonds is 5. The summed E-state index contributed by atoms with van der Waals surface area (Å²) in [5, 5.41) is 0.771. The van der Waals surface area contributed by atoms with Gasteiger partial charge >= 0.3 is 0 Å². The van der Waals surface area contributed by atoms with E-state index in [1.54, 1.807) is 6.92 Å². The fourth-order valence-corrected chi connectivity index (χ4v) is 2.88. The number of thioether (sulfide) groups is 1. The van der Waals surface area contributed by atoms with E-state index in [0.29, 0.717) is 5.75 Å². The van der Waals surface area contributed by atoms with Crippen LogP contribution in [-0.2, 0) is 4.79 Å². The molecule has 4 heteroatoms. The maximum atomic E-state index is 11.2. The molecule has 0 bridgehead atoms. The van der Waals surface area contributed by atoms with Crippen LogP contribution < -0.4 is 0 Å². The molecule has 0 spiro atoms. The Morgan fingerprint density at radius 2 is 1.59 bits per heavy atom. The standard InChI is InChI=1S/C18H16N2OS/c1-13(21)12-22-18-19-16(14-8-4-2-5-9-14)17(20-18)15-10-6-3-7-11-15/h2-11H,12H2,1H3,(H,19,20). The highest BCUT2D eigenvalue weighted by Crippen LogP contribution is 2.32. The van der Waals surface area contributed by atoms with Gasteiger partial charge in [0.25, 0.3) is 0 Å². The number of imidazole rings is 1. The first-order valence-corrected chi connectivity index (χ1v) is 8.05. The third-order valence-corrected chi connectivity index (χ3v) is 4.22. The Morgan fingerprint density at radius 1 is 1.00 bits per heavy atom. The second-order valence-electron chi connectivity index (χ2n) is 4.99. The van der Waals surface area contributed by atoms with Gasteiger partial charge in [0.1, 0.15) is 5.78 Å². The zero-order chi connectivity index (χ0) is 15.4. The fraction of sp³-hybridized carbons (Fsp3) is 0.111. The molecule has 0 aliphatic rings. The first-order valence-electron chi connectivity index (χ1n) is 7.07. The number of benzene rings is 2. The molecule has 1 heterocycles. The summed E-state index contributed by atoms with van der Waals surface area (Å²) in [6.07, 6.45) is 0. The summed E-state index contributed by atoms with van der Waals surface area (Å²) in [5.74, 6) is 0.569. The highest BCUT2D eigenvalue weighted by atomic mass is 32.2. The molecule has 0 saturated heterocycles. The number of aromatic amines is 1. The van der Waals surface area contributed by atoms with Crippen LogP contribution in [0.4, 0.5) is 0 Å². The average molecular weight is 308 g/mol. The summed E-state index contributed by atoms with van der Waals surface area (Å²) in [7, 11) is 0. The molecule has 1 N–H and O–H groups in total. The third-order valence-electron chi connectivity index (χ3n) is 3.20.